The molecule has 3 N–H and O–H groups in total. The molecule has 4 heteroatoms. The maximum Gasteiger partial charge on any atom is 0.165 e. The smallest absolute Gasteiger partial charge is 0.165 e. The molecule has 1 aromatic carbocycles. The Morgan fingerprint density at radius 3 is 2.21 bits per heavy atom. The number of benzene rings is 1. The number of aromatic hydroxyl groups is 1. The van der Waals surface area contributed by atoms with E-state index in [0.29, 0.717) is 0 Å². The molecular formula is C10H11NO3. The van der Waals surface area contributed by atoms with E-state index in [0.717, 1.165) is 0 Å². The van der Waals surface area contributed by atoms with E-state index < -0.39 is 0 Å². The van der Waals surface area contributed by atoms with Crippen LogP contribution in [0.15, 0.2) is 12.1 Å². The lowest BCUT2D eigenvalue weighted by molar-refractivity contribution is 0.101. The average molecular weight is 193 g/mol. The second-order valence-corrected chi connectivity index (χ2v) is 3.04. The van der Waals surface area contributed by atoms with Crippen LogP contribution in [0.1, 0.15) is 34.6 Å². The summed E-state index contributed by atoms with van der Waals surface area (Å²) in [5.41, 5.74) is 5.81. The van der Waals surface area contributed by atoms with Crippen molar-refractivity contribution in [3.05, 3.63) is 23.3 Å². The van der Waals surface area contributed by atoms with Crippen LogP contribution in [0, 0.1) is 0 Å². The van der Waals surface area contributed by atoms with Crippen molar-refractivity contribution in [3.8, 4) is 5.75 Å². The van der Waals surface area contributed by atoms with Gasteiger partial charge in [0, 0.05) is 5.69 Å². The number of ketones is 2. The lowest BCUT2D eigenvalue weighted by Crippen LogP contribution is -2.04. The number of anilines is 1. The quantitative estimate of drug-likeness (QED) is 0.549. The van der Waals surface area contributed by atoms with E-state index >= 15 is 0 Å². The first-order chi connectivity index (χ1) is 6.45. The minimum absolute atomic E-state index is 0.0118. The molecule has 0 spiro atoms. The number of hydrogen-bond acceptors (Lipinski definition) is 4. The minimum Gasteiger partial charge on any atom is -0.506 e. The monoisotopic (exact) mass is 193 g/mol. The number of hydrogen-bond donors (Lipinski definition) is 2. The molecule has 0 heterocycles. The Balaban J connectivity index is 3.49. The topological polar surface area (TPSA) is 80.4 Å². The van der Waals surface area contributed by atoms with Gasteiger partial charge in [0.15, 0.2) is 11.6 Å². The van der Waals surface area contributed by atoms with Crippen LogP contribution in [0.4, 0.5) is 5.69 Å². The van der Waals surface area contributed by atoms with Gasteiger partial charge in [0.1, 0.15) is 5.75 Å². The summed E-state index contributed by atoms with van der Waals surface area (Å²) in [6.45, 7) is 2.60. The number of phenols is 1. The maximum atomic E-state index is 11.1. The normalized spacial score (nSPS) is 9.86. The molecule has 0 atom stereocenters. The summed E-state index contributed by atoms with van der Waals surface area (Å²) in [6, 6.07) is 2.84. The van der Waals surface area contributed by atoms with E-state index in [1.54, 1.807) is 0 Å². The zero-order chi connectivity index (χ0) is 10.9. The summed E-state index contributed by atoms with van der Waals surface area (Å²) in [6.07, 6.45) is 0. The number of carbonyl (C=O) groups is 2. The van der Waals surface area contributed by atoms with Crippen molar-refractivity contribution in [2.24, 2.45) is 0 Å². The molecule has 0 aromatic heterocycles. The standard InChI is InChI=1S/C10H11NO3/c1-5(12)7-3-4-8(11)9(6(2)13)10(7)14/h3-4,14H,11H2,1-2H3. The van der Waals surface area contributed by atoms with Gasteiger partial charge in [-0.3, -0.25) is 9.59 Å². The van der Waals surface area contributed by atoms with Gasteiger partial charge in [-0.2, -0.15) is 0 Å². The lowest BCUT2D eigenvalue weighted by Gasteiger charge is -2.07. The van der Waals surface area contributed by atoms with Crippen LogP contribution < -0.4 is 5.73 Å². The Bertz CT molecular complexity index is 410. The predicted molar refractivity (Wildman–Crippen MR) is 52.5 cm³/mol. The Kier molecular flexibility index (Phi) is 2.56. The van der Waals surface area contributed by atoms with Crippen LogP contribution >= 0.6 is 0 Å². The van der Waals surface area contributed by atoms with Gasteiger partial charge >= 0.3 is 0 Å². The molecule has 0 aliphatic carbocycles. The summed E-state index contributed by atoms with van der Waals surface area (Å²) < 4.78 is 0. The fourth-order valence-electron chi connectivity index (χ4n) is 1.26. The molecule has 0 radical (unpaired) electrons. The number of carbonyl (C=O) groups excluding carboxylic acids is 2. The third kappa shape index (κ3) is 1.59. The molecule has 14 heavy (non-hydrogen) atoms. The lowest BCUT2D eigenvalue weighted by atomic mass is 10.0. The van der Waals surface area contributed by atoms with Crippen molar-refractivity contribution in [1.82, 2.24) is 0 Å². The highest BCUT2D eigenvalue weighted by Gasteiger charge is 2.16. The van der Waals surface area contributed by atoms with Crippen molar-refractivity contribution in [2.45, 2.75) is 13.8 Å². The largest absolute Gasteiger partial charge is 0.506 e. The van der Waals surface area contributed by atoms with Crippen molar-refractivity contribution in [3.63, 3.8) is 0 Å². The molecular weight excluding hydrogens is 182 g/mol. The molecule has 0 aliphatic heterocycles. The summed E-state index contributed by atoms with van der Waals surface area (Å²) in [4.78, 5) is 22.2. The summed E-state index contributed by atoms with van der Waals surface area (Å²) in [7, 11) is 0. The van der Waals surface area contributed by atoms with Crippen LogP contribution in [-0.2, 0) is 0 Å². The SMILES string of the molecule is CC(=O)c1ccc(N)c(C(C)=O)c1O. The van der Waals surface area contributed by atoms with Crippen LogP contribution in [0.2, 0.25) is 0 Å². The molecule has 0 bridgehead atoms. The fourth-order valence-corrected chi connectivity index (χ4v) is 1.26. The van der Waals surface area contributed by atoms with Gasteiger partial charge < -0.3 is 10.8 Å². The van der Waals surface area contributed by atoms with Gasteiger partial charge in [0.05, 0.1) is 11.1 Å². The minimum atomic E-state index is -0.358. The van der Waals surface area contributed by atoms with E-state index in [2.05, 4.69) is 0 Å². The molecule has 0 unspecified atom stereocenters. The van der Waals surface area contributed by atoms with E-state index in [9.17, 15) is 14.7 Å². The molecule has 0 fully saturated rings. The zero-order valence-electron chi connectivity index (χ0n) is 8.00. The molecule has 0 aliphatic rings. The van der Waals surface area contributed by atoms with Crippen LogP contribution in [-0.4, -0.2) is 16.7 Å². The van der Waals surface area contributed by atoms with Crippen molar-refractivity contribution in [1.29, 1.82) is 0 Å². The molecule has 1 rings (SSSR count). The van der Waals surface area contributed by atoms with E-state index in [-0.39, 0.29) is 34.1 Å². The highest BCUT2D eigenvalue weighted by atomic mass is 16.3. The summed E-state index contributed by atoms with van der Waals surface area (Å²) >= 11 is 0. The first-order valence-corrected chi connectivity index (χ1v) is 4.08. The molecule has 0 saturated heterocycles. The third-order valence-electron chi connectivity index (χ3n) is 1.94. The van der Waals surface area contributed by atoms with Gasteiger partial charge in [-0.15, -0.1) is 0 Å². The Morgan fingerprint density at radius 1 is 1.21 bits per heavy atom. The van der Waals surface area contributed by atoms with Crippen molar-refractivity contribution < 1.29 is 14.7 Å². The molecule has 0 saturated carbocycles. The van der Waals surface area contributed by atoms with Gasteiger partial charge in [-0.05, 0) is 26.0 Å². The predicted octanol–water partition coefficient (Wildman–Crippen LogP) is 1.38. The van der Waals surface area contributed by atoms with Gasteiger partial charge in [-0.25, -0.2) is 0 Å². The Hall–Kier alpha value is -1.84. The van der Waals surface area contributed by atoms with Crippen LogP contribution in [0.25, 0.3) is 0 Å². The Labute approximate surface area is 81.3 Å². The van der Waals surface area contributed by atoms with Gasteiger partial charge in [-0.1, -0.05) is 0 Å². The summed E-state index contributed by atoms with van der Waals surface area (Å²) in [5, 5.41) is 9.59. The zero-order valence-corrected chi connectivity index (χ0v) is 8.00. The fraction of sp³-hybridized carbons (Fsp3) is 0.200. The second kappa shape index (κ2) is 3.49. The second-order valence-electron chi connectivity index (χ2n) is 3.04. The van der Waals surface area contributed by atoms with Crippen LogP contribution in [0.5, 0.6) is 5.75 Å². The molecule has 1 aromatic rings. The molecule has 0 amide bonds. The van der Waals surface area contributed by atoms with Crippen molar-refractivity contribution >= 4 is 17.3 Å². The maximum absolute atomic E-state index is 11.1. The number of rotatable bonds is 2. The van der Waals surface area contributed by atoms with Crippen LogP contribution in [0.3, 0.4) is 0 Å². The summed E-state index contributed by atoms with van der Waals surface area (Å²) in [5.74, 6) is -0.988. The van der Waals surface area contributed by atoms with E-state index in [1.807, 2.05) is 0 Å². The number of nitrogen functional groups attached to an aromatic ring is 1. The average Bonchev–Trinajstić information content (AvgIpc) is 2.02. The first kappa shape index (κ1) is 10.2. The van der Waals surface area contributed by atoms with Gasteiger partial charge in [0.25, 0.3) is 0 Å². The first-order valence-electron chi connectivity index (χ1n) is 4.08. The molecule has 4 nitrogen and oxygen atoms in total. The molecule has 74 valence electrons. The highest BCUT2D eigenvalue weighted by molar-refractivity contribution is 6.07. The van der Waals surface area contributed by atoms with Gasteiger partial charge in [0.2, 0.25) is 0 Å². The highest BCUT2D eigenvalue weighted by Crippen LogP contribution is 2.28. The number of nitrogens with two attached hydrogens (primary N) is 1. The number of phenolic OH excluding ortho intramolecular Hbond substituents is 1. The van der Waals surface area contributed by atoms with E-state index in [1.165, 1.54) is 26.0 Å². The number of Topliss-reactive ketones (excluding diaryl/α,β-unsaturated/α-hetero) is 2. The Morgan fingerprint density at radius 2 is 1.79 bits per heavy atom. The third-order valence-corrected chi connectivity index (χ3v) is 1.94. The van der Waals surface area contributed by atoms with E-state index in [4.69, 9.17) is 5.73 Å². The van der Waals surface area contributed by atoms with Crippen molar-refractivity contribution in [2.75, 3.05) is 5.73 Å².